The molecule has 1 aromatic rings. The van der Waals surface area contributed by atoms with Crippen molar-refractivity contribution in [2.75, 3.05) is 45.2 Å². The van der Waals surface area contributed by atoms with Gasteiger partial charge in [-0.25, -0.2) is 4.99 Å². The maximum absolute atomic E-state index is 5.99. The van der Waals surface area contributed by atoms with Crippen molar-refractivity contribution in [3.8, 4) is 11.5 Å². The molecule has 0 saturated heterocycles. The second-order valence-electron chi connectivity index (χ2n) is 5.91. The zero-order valence-electron chi connectivity index (χ0n) is 14.0. The van der Waals surface area contributed by atoms with Gasteiger partial charge in [-0.1, -0.05) is 11.6 Å². The number of nitrogens with two attached hydrogens (primary N) is 1. The number of benzene rings is 1. The highest BCUT2D eigenvalue weighted by molar-refractivity contribution is 14.0. The van der Waals surface area contributed by atoms with Crippen molar-refractivity contribution >= 4 is 35.6 Å². The first-order chi connectivity index (χ1) is 11.2. The van der Waals surface area contributed by atoms with Crippen LogP contribution in [-0.4, -0.2) is 50.8 Å². The Hall–Kier alpha value is -1.48. The number of hydrogen-bond donors (Lipinski definition) is 2. The molecule has 0 aromatic heterocycles. The van der Waals surface area contributed by atoms with Crippen molar-refractivity contribution in [1.82, 2.24) is 4.90 Å². The lowest BCUT2D eigenvalue weighted by Gasteiger charge is -2.21. The molecule has 3 N–H and O–H groups in total. The predicted octanol–water partition coefficient (Wildman–Crippen LogP) is 2.45. The lowest BCUT2D eigenvalue weighted by Crippen LogP contribution is -2.26. The second-order valence-corrected chi connectivity index (χ2v) is 5.91. The van der Waals surface area contributed by atoms with Crippen molar-refractivity contribution in [3.63, 3.8) is 0 Å². The Kier molecular flexibility index (Phi) is 7.16. The smallest absolute Gasteiger partial charge is 0.193 e. The molecule has 0 unspecified atom stereocenters. The number of hydrogen-bond acceptors (Lipinski definition) is 4. The SMILES string of the molecule is CN1CC=C(CN=C(N)Nc2ccc3c(c2)OCCCO3)CC1.I. The Labute approximate surface area is 160 Å². The second kappa shape index (κ2) is 9.12. The lowest BCUT2D eigenvalue weighted by molar-refractivity contribution is 0.297. The average molecular weight is 444 g/mol. The molecule has 7 heteroatoms. The van der Waals surface area contributed by atoms with E-state index in [-0.39, 0.29) is 24.0 Å². The van der Waals surface area contributed by atoms with Gasteiger partial charge in [0, 0.05) is 31.3 Å². The van der Waals surface area contributed by atoms with E-state index >= 15 is 0 Å². The maximum Gasteiger partial charge on any atom is 0.193 e. The van der Waals surface area contributed by atoms with Crippen LogP contribution in [0.15, 0.2) is 34.8 Å². The van der Waals surface area contributed by atoms with Crippen LogP contribution in [0.5, 0.6) is 11.5 Å². The van der Waals surface area contributed by atoms with Gasteiger partial charge < -0.3 is 25.4 Å². The number of nitrogens with one attached hydrogen (secondary N) is 1. The van der Waals surface area contributed by atoms with Gasteiger partial charge in [-0.05, 0) is 25.6 Å². The van der Waals surface area contributed by atoms with E-state index in [1.54, 1.807) is 0 Å². The quantitative estimate of drug-likeness (QED) is 0.325. The molecule has 132 valence electrons. The zero-order valence-corrected chi connectivity index (χ0v) is 16.3. The van der Waals surface area contributed by atoms with Crippen LogP contribution in [0.2, 0.25) is 0 Å². The van der Waals surface area contributed by atoms with Crippen LogP contribution in [0, 0.1) is 0 Å². The fourth-order valence-electron chi connectivity index (χ4n) is 2.57. The van der Waals surface area contributed by atoms with Gasteiger partial charge in [-0.2, -0.15) is 0 Å². The Morgan fingerprint density at radius 1 is 1.29 bits per heavy atom. The Balaban J connectivity index is 0.00000208. The summed E-state index contributed by atoms with van der Waals surface area (Å²) in [4.78, 5) is 6.71. The van der Waals surface area contributed by atoms with Gasteiger partial charge in [0.2, 0.25) is 0 Å². The van der Waals surface area contributed by atoms with E-state index in [2.05, 4.69) is 28.3 Å². The minimum atomic E-state index is 0. The summed E-state index contributed by atoms with van der Waals surface area (Å²) in [6.07, 6.45) is 4.18. The molecule has 0 spiro atoms. The molecule has 3 rings (SSSR count). The predicted molar refractivity (Wildman–Crippen MR) is 108 cm³/mol. The largest absolute Gasteiger partial charge is 0.490 e. The summed E-state index contributed by atoms with van der Waals surface area (Å²) in [5, 5.41) is 3.12. The normalized spacial score (nSPS) is 18.2. The minimum Gasteiger partial charge on any atom is -0.490 e. The molecule has 0 radical (unpaired) electrons. The van der Waals surface area contributed by atoms with E-state index < -0.39 is 0 Å². The summed E-state index contributed by atoms with van der Waals surface area (Å²) in [6, 6.07) is 5.72. The Morgan fingerprint density at radius 3 is 2.83 bits per heavy atom. The minimum absolute atomic E-state index is 0. The molecule has 6 nitrogen and oxygen atoms in total. The van der Waals surface area contributed by atoms with E-state index in [4.69, 9.17) is 15.2 Å². The molecule has 2 heterocycles. The van der Waals surface area contributed by atoms with Gasteiger partial charge in [0.25, 0.3) is 0 Å². The summed E-state index contributed by atoms with van der Waals surface area (Å²) in [5.41, 5.74) is 8.18. The molecule has 0 bridgehead atoms. The van der Waals surface area contributed by atoms with Crippen LogP contribution in [0.1, 0.15) is 12.8 Å². The number of guanidine groups is 1. The van der Waals surface area contributed by atoms with Gasteiger partial charge in [-0.3, -0.25) is 0 Å². The number of nitrogens with zero attached hydrogens (tertiary/aromatic N) is 2. The molecule has 0 aliphatic carbocycles. The molecule has 24 heavy (non-hydrogen) atoms. The molecular weight excluding hydrogens is 419 g/mol. The Bertz CT molecular complexity index is 619. The zero-order chi connectivity index (χ0) is 16.1. The molecular formula is C17H25IN4O2. The molecule has 1 aromatic carbocycles. The first kappa shape index (κ1) is 18.9. The summed E-state index contributed by atoms with van der Waals surface area (Å²) >= 11 is 0. The molecule has 0 amide bonds. The standard InChI is InChI=1S/C17H24N4O2.HI/c1-21-7-5-13(6-8-21)12-19-17(18)20-14-3-4-15-16(11-14)23-10-2-9-22-15;/h3-5,11H,2,6-10,12H2,1H3,(H3,18,19,20);1H. The number of ether oxygens (including phenoxy) is 2. The summed E-state index contributed by atoms with van der Waals surface area (Å²) < 4.78 is 11.3. The van der Waals surface area contributed by atoms with Crippen LogP contribution in [-0.2, 0) is 0 Å². The van der Waals surface area contributed by atoms with E-state index in [0.29, 0.717) is 25.7 Å². The third-order valence-electron chi connectivity index (χ3n) is 3.98. The first-order valence-corrected chi connectivity index (χ1v) is 8.04. The number of anilines is 1. The van der Waals surface area contributed by atoms with Crippen molar-refractivity contribution < 1.29 is 9.47 Å². The molecule has 0 atom stereocenters. The number of halogens is 1. The van der Waals surface area contributed by atoms with E-state index in [0.717, 1.165) is 43.1 Å². The number of likely N-dealkylation sites (N-methyl/N-ethyl adjacent to an activating group) is 1. The average Bonchev–Trinajstić information content (AvgIpc) is 2.79. The number of aliphatic imine (C=N–C) groups is 1. The fraction of sp³-hybridized carbons (Fsp3) is 0.471. The van der Waals surface area contributed by atoms with Crippen LogP contribution < -0.4 is 20.5 Å². The summed E-state index contributed by atoms with van der Waals surface area (Å²) in [6.45, 7) is 4.07. The molecule has 2 aliphatic heterocycles. The van der Waals surface area contributed by atoms with Gasteiger partial charge in [0.15, 0.2) is 17.5 Å². The topological polar surface area (TPSA) is 72.1 Å². The third-order valence-corrected chi connectivity index (χ3v) is 3.98. The van der Waals surface area contributed by atoms with Gasteiger partial charge in [-0.15, -0.1) is 24.0 Å². The van der Waals surface area contributed by atoms with Gasteiger partial charge in [0.1, 0.15) is 0 Å². The lowest BCUT2D eigenvalue weighted by atomic mass is 10.1. The van der Waals surface area contributed by atoms with Crippen molar-refractivity contribution in [3.05, 3.63) is 29.8 Å². The van der Waals surface area contributed by atoms with E-state index in [1.165, 1.54) is 5.57 Å². The summed E-state index contributed by atoms with van der Waals surface area (Å²) in [5.74, 6) is 1.94. The Morgan fingerprint density at radius 2 is 2.08 bits per heavy atom. The van der Waals surface area contributed by atoms with E-state index in [9.17, 15) is 0 Å². The van der Waals surface area contributed by atoms with Crippen LogP contribution in [0.3, 0.4) is 0 Å². The van der Waals surface area contributed by atoms with Gasteiger partial charge in [0.05, 0.1) is 19.8 Å². The number of rotatable bonds is 3. The van der Waals surface area contributed by atoms with Crippen molar-refractivity contribution in [1.29, 1.82) is 0 Å². The van der Waals surface area contributed by atoms with Crippen molar-refractivity contribution in [2.24, 2.45) is 10.7 Å². The highest BCUT2D eigenvalue weighted by Gasteiger charge is 2.11. The van der Waals surface area contributed by atoms with Crippen LogP contribution in [0.25, 0.3) is 0 Å². The van der Waals surface area contributed by atoms with Crippen molar-refractivity contribution in [2.45, 2.75) is 12.8 Å². The fourth-order valence-corrected chi connectivity index (χ4v) is 2.57. The highest BCUT2D eigenvalue weighted by atomic mass is 127. The highest BCUT2D eigenvalue weighted by Crippen LogP contribution is 2.32. The maximum atomic E-state index is 5.99. The van der Waals surface area contributed by atoms with Crippen LogP contribution in [0.4, 0.5) is 5.69 Å². The molecule has 0 fully saturated rings. The first-order valence-electron chi connectivity index (χ1n) is 8.04. The van der Waals surface area contributed by atoms with Gasteiger partial charge >= 0.3 is 0 Å². The number of fused-ring (bicyclic) bond motifs is 1. The molecule has 2 aliphatic rings. The third kappa shape index (κ3) is 5.27. The monoisotopic (exact) mass is 444 g/mol. The van der Waals surface area contributed by atoms with Crippen LogP contribution >= 0.6 is 24.0 Å². The van der Waals surface area contributed by atoms with E-state index in [1.807, 2.05) is 18.2 Å². The summed E-state index contributed by atoms with van der Waals surface area (Å²) in [7, 11) is 2.12. The molecule has 0 saturated carbocycles.